The maximum absolute atomic E-state index is 12.1. The number of Topliss-reactive ketones (excluding diaryl/α,β-unsaturated/α-hetero) is 1. The van der Waals surface area contributed by atoms with Crippen molar-refractivity contribution in [3.63, 3.8) is 0 Å². The number of ketones is 1. The molecule has 0 saturated heterocycles. The van der Waals surface area contributed by atoms with Gasteiger partial charge in [-0.05, 0) is 24.1 Å². The molecule has 20 heavy (non-hydrogen) atoms. The number of benzene rings is 2. The first-order valence-electron chi connectivity index (χ1n) is 6.76. The van der Waals surface area contributed by atoms with Gasteiger partial charge in [-0.25, -0.2) is 0 Å². The average molecular weight is 286 g/mol. The van der Waals surface area contributed by atoms with Gasteiger partial charge in [0.1, 0.15) is 0 Å². The monoisotopic (exact) mass is 286 g/mol. The summed E-state index contributed by atoms with van der Waals surface area (Å²) >= 11 is 0. The molecule has 2 rings (SSSR count). The van der Waals surface area contributed by atoms with Gasteiger partial charge in [-0.1, -0.05) is 55.8 Å². The minimum atomic E-state index is -1.27. The molecular weight excluding hydrogens is 268 g/mol. The van der Waals surface area contributed by atoms with Crippen molar-refractivity contribution in [3.05, 3.63) is 65.7 Å². The highest BCUT2D eigenvalue weighted by molar-refractivity contribution is 7.85. The molecule has 2 aromatic carbocycles. The molecule has 0 bridgehead atoms. The number of rotatable bonds is 6. The predicted octanol–water partition coefficient (Wildman–Crippen LogP) is 3.63. The van der Waals surface area contributed by atoms with E-state index in [-0.39, 0.29) is 11.5 Å². The third-order valence-electron chi connectivity index (χ3n) is 3.08. The van der Waals surface area contributed by atoms with Crippen molar-refractivity contribution < 1.29 is 9.00 Å². The van der Waals surface area contributed by atoms with E-state index < -0.39 is 10.8 Å². The van der Waals surface area contributed by atoms with E-state index in [1.165, 1.54) is 5.56 Å². The van der Waals surface area contributed by atoms with Gasteiger partial charge in [0.15, 0.2) is 5.78 Å². The zero-order chi connectivity index (χ0) is 14.4. The summed E-state index contributed by atoms with van der Waals surface area (Å²) in [5.41, 5.74) is 1.86. The quantitative estimate of drug-likeness (QED) is 0.760. The molecule has 0 fully saturated rings. The van der Waals surface area contributed by atoms with Gasteiger partial charge in [0.25, 0.3) is 0 Å². The van der Waals surface area contributed by atoms with Gasteiger partial charge in [0.2, 0.25) is 0 Å². The Balaban J connectivity index is 2.03. The lowest BCUT2D eigenvalue weighted by Crippen LogP contribution is -2.11. The fourth-order valence-electron chi connectivity index (χ4n) is 2.00. The molecule has 0 aliphatic carbocycles. The zero-order valence-electron chi connectivity index (χ0n) is 11.5. The van der Waals surface area contributed by atoms with E-state index in [1.807, 2.05) is 42.5 Å². The standard InChI is InChI=1S/C17H18O2S/c1-2-6-14-9-11-15(12-10-14)17(18)13-20(19)16-7-4-3-5-8-16/h3-5,7-12H,2,6,13H2,1H3. The molecule has 0 aliphatic rings. The minimum absolute atomic E-state index is 0.0388. The molecule has 3 heteroatoms. The van der Waals surface area contributed by atoms with E-state index >= 15 is 0 Å². The lowest BCUT2D eigenvalue weighted by Gasteiger charge is -2.04. The highest BCUT2D eigenvalue weighted by Gasteiger charge is 2.12. The molecule has 0 heterocycles. The molecule has 104 valence electrons. The van der Waals surface area contributed by atoms with Crippen molar-refractivity contribution in [1.29, 1.82) is 0 Å². The Kier molecular flexibility index (Phi) is 5.24. The van der Waals surface area contributed by atoms with Crippen LogP contribution in [0, 0.1) is 0 Å². The topological polar surface area (TPSA) is 34.1 Å². The van der Waals surface area contributed by atoms with Crippen LogP contribution >= 0.6 is 0 Å². The number of aryl methyl sites for hydroxylation is 1. The summed E-state index contributed by atoms with van der Waals surface area (Å²) in [7, 11) is -1.27. The second-order valence-electron chi connectivity index (χ2n) is 4.67. The van der Waals surface area contributed by atoms with Gasteiger partial charge in [0.05, 0.1) is 16.6 Å². The highest BCUT2D eigenvalue weighted by Crippen LogP contribution is 2.11. The zero-order valence-corrected chi connectivity index (χ0v) is 12.4. The Bertz CT molecular complexity index is 588. The van der Waals surface area contributed by atoms with Gasteiger partial charge in [-0.2, -0.15) is 0 Å². The van der Waals surface area contributed by atoms with Gasteiger partial charge in [-0.15, -0.1) is 0 Å². The molecule has 1 atom stereocenters. The molecule has 2 aromatic rings. The Morgan fingerprint density at radius 3 is 2.25 bits per heavy atom. The normalized spacial score (nSPS) is 12.1. The van der Waals surface area contributed by atoms with Gasteiger partial charge < -0.3 is 0 Å². The van der Waals surface area contributed by atoms with E-state index in [9.17, 15) is 9.00 Å². The van der Waals surface area contributed by atoms with Crippen LogP contribution in [-0.4, -0.2) is 15.7 Å². The predicted molar refractivity (Wildman–Crippen MR) is 82.5 cm³/mol. The Morgan fingerprint density at radius 1 is 1.00 bits per heavy atom. The van der Waals surface area contributed by atoms with E-state index in [1.54, 1.807) is 12.1 Å². The van der Waals surface area contributed by atoms with Crippen LogP contribution in [0.4, 0.5) is 0 Å². The van der Waals surface area contributed by atoms with Crippen molar-refractivity contribution in [3.8, 4) is 0 Å². The first kappa shape index (κ1) is 14.7. The van der Waals surface area contributed by atoms with E-state index in [0.717, 1.165) is 12.8 Å². The van der Waals surface area contributed by atoms with Crippen molar-refractivity contribution in [1.82, 2.24) is 0 Å². The summed E-state index contributed by atoms with van der Waals surface area (Å²) in [4.78, 5) is 12.8. The maximum Gasteiger partial charge on any atom is 0.175 e. The lowest BCUT2D eigenvalue weighted by molar-refractivity contribution is 0.102. The lowest BCUT2D eigenvalue weighted by atomic mass is 10.1. The molecule has 0 N–H and O–H groups in total. The van der Waals surface area contributed by atoms with Crippen LogP contribution in [-0.2, 0) is 17.2 Å². The number of carbonyl (C=O) groups excluding carboxylic acids is 1. The van der Waals surface area contributed by atoms with E-state index in [4.69, 9.17) is 0 Å². The van der Waals surface area contributed by atoms with Crippen molar-refractivity contribution in [2.24, 2.45) is 0 Å². The first-order chi connectivity index (χ1) is 9.70. The molecule has 2 nitrogen and oxygen atoms in total. The van der Waals surface area contributed by atoms with Gasteiger partial charge in [-0.3, -0.25) is 9.00 Å². The first-order valence-corrected chi connectivity index (χ1v) is 8.08. The summed E-state index contributed by atoms with van der Waals surface area (Å²) in [6.45, 7) is 2.13. The number of carbonyl (C=O) groups is 1. The SMILES string of the molecule is CCCc1ccc(C(=O)CS(=O)c2ccccc2)cc1. The van der Waals surface area contributed by atoms with Crippen LogP contribution in [0.5, 0.6) is 0 Å². The Morgan fingerprint density at radius 2 is 1.65 bits per heavy atom. The van der Waals surface area contributed by atoms with Crippen molar-refractivity contribution >= 4 is 16.6 Å². The van der Waals surface area contributed by atoms with Crippen LogP contribution in [0.2, 0.25) is 0 Å². The third-order valence-corrected chi connectivity index (χ3v) is 4.41. The molecule has 0 radical (unpaired) electrons. The van der Waals surface area contributed by atoms with Crippen LogP contribution in [0.15, 0.2) is 59.5 Å². The summed E-state index contributed by atoms with van der Waals surface area (Å²) in [5.74, 6) is -0.0350. The molecule has 0 spiro atoms. The largest absolute Gasteiger partial charge is 0.293 e. The third kappa shape index (κ3) is 3.87. The second kappa shape index (κ2) is 7.15. The summed E-state index contributed by atoms with van der Waals surface area (Å²) in [6, 6.07) is 16.7. The molecule has 0 amide bonds. The number of hydrogen-bond donors (Lipinski definition) is 0. The van der Waals surface area contributed by atoms with Crippen molar-refractivity contribution in [2.45, 2.75) is 24.7 Å². The molecule has 1 unspecified atom stereocenters. The highest BCUT2D eigenvalue weighted by atomic mass is 32.2. The molecule has 0 aromatic heterocycles. The van der Waals surface area contributed by atoms with Crippen LogP contribution in [0.1, 0.15) is 29.3 Å². The Hall–Kier alpha value is -1.74. The van der Waals surface area contributed by atoms with E-state index in [2.05, 4.69) is 6.92 Å². The summed E-state index contributed by atoms with van der Waals surface area (Å²) in [6.07, 6.45) is 2.11. The maximum atomic E-state index is 12.1. The average Bonchev–Trinajstić information content (AvgIpc) is 2.49. The van der Waals surface area contributed by atoms with Gasteiger partial charge >= 0.3 is 0 Å². The Labute approximate surface area is 122 Å². The summed E-state index contributed by atoms with van der Waals surface area (Å²) < 4.78 is 12.1. The minimum Gasteiger partial charge on any atom is -0.293 e. The van der Waals surface area contributed by atoms with Crippen molar-refractivity contribution in [2.75, 3.05) is 5.75 Å². The fourth-order valence-corrected chi connectivity index (χ4v) is 3.04. The molecule has 0 aliphatic heterocycles. The number of hydrogen-bond acceptors (Lipinski definition) is 2. The summed E-state index contributed by atoms with van der Waals surface area (Å²) in [5, 5.41) is 0. The van der Waals surface area contributed by atoms with Crippen LogP contribution in [0.25, 0.3) is 0 Å². The van der Waals surface area contributed by atoms with Crippen LogP contribution < -0.4 is 0 Å². The second-order valence-corrected chi connectivity index (χ2v) is 6.12. The molecule has 0 saturated carbocycles. The molecular formula is C17H18O2S. The van der Waals surface area contributed by atoms with Crippen LogP contribution in [0.3, 0.4) is 0 Å². The van der Waals surface area contributed by atoms with E-state index in [0.29, 0.717) is 10.5 Å². The van der Waals surface area contributed by atoms with Gasteiger partial charge in [0, 0.05) is 10.5 Å². The fraction of sp³-hybridized carbons (Fsp3) is 0.235. The smallest absolute Gasteiger partial charge is 0.175 e.